The minimum Gasteiger partial charge on any atom is -0.489 e. The first-order valence-corrected chi connectivity index (χ1v) is 7.47. The predicted molar refractivity (Wildman–Crippen MR) is 89.7 cm³/mol. The highest BCUT2D eigenvalue weighted by Crippen LogP contribution is 2.30. The number of hydrogen-bond donors (Lipinski definition) is 0. The molecule has 1 heterocycles. The molecule has 0 aliphatic heterocycles. The molecule has 0 bridgehead atoms. The number of furan rings is 1. The molecule has 0 amide bonds. The topological polar surface area (TPSA) is 91.8 Å². The molecule has 25 heavy (non-hydrogen) atoms. The summed E-state index contributed by atoms with van der Waals surface area (Å²) < 4.78 is 16.0. The van der Waals surface area contributed by atoms with E-state index < -0.39 is 10.9 Å². The molecule has 0 saturated heterocycles. The van der Waals surface area contributed by atoms with Crippen LogP contribution in [0.1, 0.15) is 21.7 Å². The summed E-state index contributed by atoms with van der Waals surface area (Å²) in [4.78, 5) is 22.3. The van der Waals surface area contributed by atoms with Gasteiger partial charge in [-0.05, 0) is 30.7 Å². The standard InChI is InChI=1S/C18H15NO6/c1-11-17(18(20)23-2)15-9-14(6-7-16(15)25-11)24-10-12-4-3-5-13(8-12)19(21)22/h3-9H,10H2,1-2H3. The van der Waals surface area contributed by atoms with Crippen molar-refractivity contribution < 1.29 is 23.6 Å². The highest BCUT2D eigenvalue weighted by molar-refractivity contribution is 6.04. The lowest BCUT2D eigenvalue weighted by Crippen LogP contribution is -2.02. The van der Waals surface area contributed by atoms with E-state index >= 15 is 0 Å². The van der Waals surface area contributed by atoms with Crippen LogP contribution >= 0.6 is 0 Å². The van der Waals surface area contributed by atoms with Crippen LogP contribution in [0.3, 0.4) is 0 Å². The molecule has 3 rings (SSSR count). The SMILES string of the molecule is COC(=O)c1c(C)oc2ccc(OCc3cccc([N+](=O)[O-])c3)cc12. The van der Waals surface area contributed by atoms with Gasteiger partial charge in [0, 0.05) is 17.5 Å². The molecule has 3 aromatic rings. The van der Waals surface area contributed by atoms with E-state index in [4.69, 9.17) is 13.9 Å². The van der Waals surface area contributed by atoms with Crippen molar-refractivity contribution >= 4 is 22.6 Å². The molecular formula is C18H15NO6. The van der Waals surface area contributed by atoms with Crippen LogP contribution in [0.4, 0.5) is 5.69 Å². The van der Waals surface area contributed by atoms with Crippen molar-refractivity contribution in [3.63, 3.8) is 0 Å². The van der Waals surface area contributed by atoms with Crippen LogP contribution in [0.25, 0.3) is 11.0 Å². The number of nitrogens with zero attached hydrogens (tertiary/aromatic N) is 1. The van der Waals surface area contributed by atoms with Crippen molar-refractivity contribution in [2.24, 2.45) is 0 Å². The number of aryl methyl sites for hydroxylation is 1. The molecule has 7 heteroatoms. The van der Waals surface area contributed by atoms with Gasteiger partial charge in [-0.25, -0.2) is 4.79 Å². The molecule has 0 aliphatic carbocycles. The molecule has 1 aromatic heterocycles. The lowest BCUT2D eigenvalue weighted by Gasteiger charge is -2.06. The van der Waals surface area contributed by atoms with Crippen LogP contribution in [-0.2, 0) is 11.3 Å². The van der Waals surface area contributed by atoms with Crippen molar-refractivity contribution in [1.29, 1.82) is 0 Å². The molecular weight excluding hydrogens is 326 g/mol. The van der Waals surface area contributed by atoms with Crippen molar-refractivity contribution in [1.82, 2.24) is 0 Å². The Bertz CT molecular complexity index is 959. The Kier molecular flexibility index (Phi) is 4.38. The van der Waals surface area contributed by atoms with Crippen LogP contribution < -0.4 is 4.74 Å². The van der Waals surface area contributed by atoms with Gasteiger partial charge in [-0.2, -0.15) is 0 Å². The maximum Gasteiger partial charge on any atom is 0.342 e. The number of methoxy groups -OCH3 is 1. The lowest BCUT2D eigenvalue weighted by atomic mass is 10.1. The summed E-state index contributed by atoms with van der Waals surface area (Å²) in [5.41, 5.74) is 1.60. The molecule has 0 atom stereocenters. The maximum atomic E-state index is 11.9. The molecule has 128 valence electrons. The summed E-state index contributed by atoms with van der Waals surface area (Å²) in [5, 5.41) is 11.4. The third-order valence-electron chi connectivity index (χ3n) is 3.75. The van der Waals surface area contributed by atoms with Gasteiger partial charge < -0.3 is 13.9 Å². The van der Waals surface area contributed by atoms with Gasteiger partial charge in [0.25, 0.3) is 5.69 Å². The highest BCUT2D eigenvalue weighted by Gasteiger charge is 2.19. The first-order valence-electron chi connectivity index (χ1n) is 7.47. The number of hydrogen-bond acceptors (Lipinski definition) is 6. The summed E-state index contributed by atoms with van der Waals surface area (Å²) in [6.45, 7) is 1.85. The number of nitro groups is 1. The fraction of sp³-hybridized carbons (Fsp3) is 0.167. The summed E-state index contributed by atoms with van der Waals surface area (Å²) in [6, 6.07) is 11.3. The number of fused-ring (bicyclic) bond motifs is 1. The Morgan fingerprint density at radius 1 is 1.24 bits per heavy atom. The third-order valence-corrected chi connectivity index (χ3v) is 3.75. The Morgan fingerprint density at radius 2 is 2.04 bits per heavy atom. The summed E-state index contributed by atoms with van der Waals surface area (Å²) in [7, 11) is 1.31. The number of carbonyl (C=O) groups excluding carboxylic acids is 1. The van der Waals surface area contributed by atoms with Gasteiger partial charge in [-0.15, -0.1) is 0 Å². The number of carbonyl (C=O) groups is 1. The Hall–Kier alpha value is -3.35. The molecule has 2 aromatic carbocycles. The molecule has 0 N–H and O–H groups in total. The Balaban J connectivity index is 1.86. The zero-order valence-corrected chi connectivity index (χ0v) is 13.6. The van der Waals surface area contributed by atoms with Crippen LogP contribution in [0.15, 0.2) is 46.9 Å². The largest absolute Gasteiger partial charge is 0.489 e. The maximum absolute atomic E-state index is 11.9. The van der Waals surface area contributed by atoms with Crippen molar-refractivity contribution in [2.75, 3.05) is 7.11 Å². The van der Waals surface area contributed by atoms with Gasteiger partial charge in [-0.1, -0.05) is 12.1 Å². The van der Waals surface area contributed by atoms with E-state index in [1.807, 2.05) is 0 Å². The fourth-order valence-electron chi connectivity index (χ4n) is 2.57. The number of non-ortho nitro benzene ring substituents is 1. The van der Waals surface area contributed by atoms with Crippen LogP contribution in [-0.4, -0.2) is 18.0 Å². The third kappa shape index (κ3) is 3.30. The van der Waals surface area contributed by atoms with E-state index in [2.05, 4.69) is 0 Å². The van der Waals surface area contributed by atoms with Crippen LogP contribution in [0.5, 0.6) is 5.75 Å². The first-order chi connectivity index (χ1) is 12.0. The summed E-state index contributed by atoms with van der Waals surface area (Å²) >= 11 is 0. The molecule has 0 spiro atoms. The quantitative estimate of drug-likeness (QED) is 0.395. The summed E-state index contributed by atoms with van der Waals surface area (Å²) in [6.07, 6.45) is 0. The monoisotopic (exact) mass is 341 g/mol. The number of rotatable bonds is 5. The number of ether oxygens (including phenoxy) is 2. The van der Waals surface area contributed by atoms with Gasteiger partial charge in [0.2, 0.25) is 0 Å². The Morgan fingerprint density at radius 3 is 2.76 bits per heavy atom. The minimum atomic E-state index is -0.480. The zero-order valence-electron chi connectivity index (χ0n) is 13.6. The lowest BCUT2D eigenvalue weighted by molar-refractivity contribution is -0.384. The van der Waals surface area contributed by atoms with E-state index in [1.54, 1.807) is 37.3 Å². The number of benzene rings is 2. The average Bonchev–Trinajstić information content (AvgIpc) is 2.94. The second-order valence-electron chi connectivity index (χ2n) is 5.40. The molecule has 7 nitrogen and oxygen atoms in total. The van der Waals surface area contributed by atoms with E-state index in [0.29, 0.717) is 33.6 Å². The smallest absolute Gasteiger partial charge is 0.342 e. The van der Waals surface area contributed by atoms with Crippen molar-refractivity contribution in [3.05, 3.63) is 69.5 Å². The van der Waals surface area contributed by atoms with Crippen LogP contribution in [0.2, 0.25) is 0 Å². The normalized spacial score (nSPS) is 10.6. The van der Waals surface area contributed by atoms with Crippen molar-refractivity contribution in [2.45, 2.75) is 13.5 Å². The fourth-order valence-corrected chi connectivity index (χ4v) is 2.57. The minimum absolute atomic E-state index is 0.00925. The van der Waals surface area contributed by atoms with Gasteiger partial charge in [0.15, 0.2) is 0 Å². The number of nitro benzene ring substituents is 1. The van der Waals surface area contributed by atoms with Gasteiger partial charge in [0.1, 0.15) is 29.3 Å². The van der Waals surface area contributed by atoms with Crippen LogP contribution in [0, 0.1) is 17.0 Å². The second kappa shape index (κ2) is 6.64. The van der Waals surface area contributed by atoms with E-state index in [0.717, 1.165) is 0 Å². The second-order valence-corrected chi connectivity index (χ2v) is 5.40. The van der Waals surface area contributed by atoms with Gasteiger partial charge >= 0.3 is 5.97 Å². The Labute approximate surface area is 142 Å². The number of esters is 1. The summed E-state index contributed by atoms with van der Waals surface area (Å²) in [5.74, 6) is 0.509. The molecule has 0 unspecified atom stereocenters. The molecule has 0 saturated carbocycles. The first kappa shape index (κ1) is 16.5. The predicted octanol–water partition coefficient (Wildman–Crippen LogP) is 4.02. The van der Waals surface area contributed by atoms with E-state index in [1.165, 1.54) is 19.2 Å². The van der Waals surface area contributed by atoms with Gasteiger partial charge in [-0.3, -0.25) is 10.1 Å². The molecule has 0 radical (unpaired) electrons. The molecule has 0 aliphatic rings. The molecule has 0 fully saturated rings. The highest BCUT2D eigenvalue weighted by atomic mass is 16.6. The average molecular weight is 341 g/mol. The van der Waals surface area contributed by atoms with E-state index in [9.17, 15) is 14.9 Å². The van der Waals surface area contributed by atoms with Gasteiger partial charge in [0.05, 0.1) is 12.0 Å². The van der Waals surface area contributed by atoms with Crippen molar-refractivity contribution in [3.8, 4) is 5.75 Å². The van der Waals surface area contributed by atoms with E-state index in [-0.39, 0.29) is 12.3 Å². The zero-order chi connectivity index (χ0) is 18.0.